The minimum Gasteiger partial charge on any atom is -0.497 e. The van der Waals surface area contributed by atoms with E-state index in [-0.39, 0.29) is 40.4 Å². The monoisotopic (exact) mass is 851 g/mol. The molecule has 3 aromatic carbocycles. The van der Waals surface area contributed by atoms with Crippen LogP contribution in [0.25, 0.3) is 0 Å². The average Bonchev–Trinajstić information content (AvgIpc) is 3.55. The van der Waals surface area contributed by atoms with Crippen molar-refractivity contribution in [1.82, 2.24) is 15.5 Å². The molecule has 3 aromatic rings. The normalized spacial score (nSPS) is 17.1. The molecule has 0 spiro atoms. The highest BCUT2D eigenvalue weighted by Crippen LogP contribution is 2.33. The third-order valence-electron chi connectivity index (χ3n) is 8.48. The van der Waals surface area contributed by atoms with E-state index < -0.39 is 66.3 Å². The van der Waals surface area contributed by atoms with E-state index in [0.29, 0.717) is 22.1 Å². The van der Waals surface area contributed by atoms with E-state index in [0.717, 1.165) is 10.9 Å². The van der Waals surface area contributed by atoms with Crippen LogP contribution in [0.2, 0.25) is 15.1 Å². The summed E-state index contributed by atoms with van der Waals surface area (Å²) in [6.45, 7) is 0.521. The zero-order valence-electron chi connectivity index (χ0n) is 29.6. The number of likely N-dealkylation sites (tertiary alicyclic amines) is 1. The molecule has 0 aromatic heterocycles. The molecule has 4 rings (SSSR count). The Morgan fingerprint density at radius 2 is 1.55 bits per heavy atom. The molecule has 4 atom stereocenters. The molecule has 1 aliphatic rings. The van der Waals surface area contributed by atoms with Crippen LogP contribution in [-0.4, -0.2) is 84.1 Å². The zero-order valence-corrected chi connectivity index (χ0v) is 32.7. The SMILES string of the molecule is COc1ccc(CS[C@@H]2C[C@@H](C(=O)NC(C(=O)C(F)(F)C(=O)NCC(F)(F)F)C(C)C)N(C(=O)C(Cc3cccc(Cl)c3)Oc3cc(Cl)cc(Cl)c3)C2)cc1. The highest BCUT2D eigenvalue weighted by atomic mass is 35.5. The average molecular weight is 853 g/mol. The highest BCUT2D eigenvalue weighted by Gasteiger charge is 2.53. The van der Waals surface area contributed by atoms with Crippen LogP contribution >= 0.6 is 46.6 Å². The third-order valence-corrected chi connectivity index (χ3v) is 10.5. The van der Waals surface area contributed by atoms with E-state index in [1.807, 2.05) is 12.1 Å². The standard InChI is InChI=1S/C37H37Cl3F5N3O6S/c1-20(2)31(32(49)37(44,45)35(52)46-19-36(41,42)43)47-33(50)29-16-28(55-18-21-7-9-26(53-3)10-8-21)17-48(29)34(51)30(12-22-5-4-6-23(38)11-22)54-27-14-24(39)13-25(40)15-27/h4-11,13-15,20,28-31H,12,16-19H2,1-3H3,(H,46,52)(H,47,50)/t28-,29+,30?,31?/m1/s1. The number of ketones is 1. The smallest absolute Gasteiger partial charge is 0.405 e. The molecule has 0 radical (unpaired) electrons. The molecule has 18 heteroatoms. The number of halogens is 8. The first-order chi connectivity index (χ1) is 25.8. The number of nitrogens with zero attached hydrogens (tertiary/aromatic N) is 1. The molecule has 55 heavy (non-hydrogen) atoms. The molecule has 1 fully saturated rings. The Bertz CT molecular complexity index is 1830. The van der Waals surface area contributed by atoms with Crippen LogP contribution in [0, 0.1) is 5.92 Å². The maximum absolute atomic E-state index is 15.0. The van der Waals surface area contributed by atoms with E-state index in [9.17, 15) is 32.3 Å². The molecular formula is C37H37Cl3F5N3O6S. The predicted molar refractivity (Wildman–Crippen MR) is 200 cm³/mol. The fourth-order valence-corrected chi connectivity index (χ4v) is 7.66. The van der Waals surface area contributed by atoms with Crippen molar-refractivity contribution in [3.8, 4) is 11.5 Å². The quantitative estimate of drug-likeness (QED) is 0.113. The first-order valence-electron chi connectivity index (χ1n) is 16.8. The van der Waals surface area contributed by atoms with Gasteiger partial charge in [0.05, 0.1) is 13.2 Å². The predicted octanol–water partition coefficient (Wildman–Crippen LogP) is 7.57. The molecule has 0 saturated carbocycles. The molecule has 298 valence electrons. The van der Waals surface area contributed by atoms with Crippen molar-refractivity contribution in [3.05, 3.63) is 92.9 Å². The second-order valence-corrected chi connectivity index (χ2v) is 15.6. The van der Waals surface area contributed by atoms with E-state index >= 15 is 8.78 Å². The lowest BCUT2D eigenvalue weighted by Gasteiger charge is -2.31. The van der Waals surface area contributed by atoms with E-state index in [4.69, 9.17) is 44.3 Å². The van der Waals surface area contributed by atoms with Crippen LogP contribution in [-0.2, 0) is 31.4 Å². The van der Waals surface area contributed by atoms with Gasteiger partial charge in [-0.05, 0) is 65.9 Å². The Labute approximate surface area is 333 Å². The van der Waals surface area contributed by atoms with Crippen LogP contribution in [0.15, 0.2) is 66.7 Å². The molecule has 1 saturated heterocycles. The topological polar surface area (TPSA) is 114 Å². The number of ether oxygens (including phenoxy) is 2. The minimum absolute atomic E-state index is 0.000249. The molecule has 1 aliphatic heterocycles. The summed E-state index contributed by atoms with van der Waals surface area (Å²) in [5, 5.41) is 3.73. The van der Waals surface area contributed by atoms with Gasteiger partial charge in [-0.1, -0.05) is 72.9 Å². The van der Waals surface area contributed by atoms with Gasteiger partial charge in [0.25, 0.3) is 11.8 Å². The Kier molecular flexibility index (Phi) is 15.1. The van der Waals surface area contributed by atoms with Crippen molar-refractivity contribution in [2.45, 2.75) is 68.0 Å². The van der Waals surface area contributed by atoms with Crippen LogP contribution in [0.1, 0.15) is 31.4 Å². The number of carbonyl (C=O) groups is 4. The van der Waals surface area contributed by atoms with Crippen molar-refractivity contribution < 1.29 is 50.6 Å². The molecular weight excluding hydrogens is 816 g/mol. The van der Waals surface area contributed by atoms with Crippen molar-refractivity contribution in [1.29, 1.82) is 0 Å². The number of alkyl halides is 5. The van der Waals surface area contributed by atoms with Gasteiger partial charge in [-0.15, -0.1) is 0 Å². The molecule has 3 amide bonds. The first kappa shape index (κ1) is 43.9. The number of hydrogen-bond acceptors (Lipinski definition) is 7. The summed E-state index contributed by atoms with van der Waals surface area (Å²) >= 11 is 20.0. The number of benzene rings is 3. The van der Waals surface area contributed by atoms with Crippen LogP contribution in [0.3, 0.4) is 0 Å². The van der Waals surface area contributed by atoms with Gasteiger partial charge >= 0.3 is 12.1 Å². The van der Waals surface area contributed by atoms with Gasteiger partial charge in [0.2, 0.25) is 11.7 Å². The summed E-state index contributed by atoms with van der Waals surface area (Å²) in [5.41, 5.74) is 1.51. The molecule has 2 unspecified atom stereocenters. The number of rotatable bonds is 16. The molecule has 0 aliphatic carbocycles. The minimum atomic E-state index is -5.02. The van der Waals surface area contributed by atoms with Crippen molar-refractivity contribution in [3.63, 3.8) is 0 Å². The number of thioether (sulfide) groups is 1. The summed E-state index contributed by atoms with van der Waals surface area (Å²) in [6, 6.07) is 14.9. The largest absolute Gasteiger partial charge is 0.497 e. The van der Waals surface area contributed by atoms with Gasteiger partial charge < -0.3 is 25.0 Å². The number of Topliss-reactive ketones (excluding diaryl/α,β-unsaturated/α-hetero) is 1. The fraction of sp³-hybridized carbons (Fsp3) is 0.405. The Morgan fingerprint density at radius 3 is 2.13 bits per heavy atom. The lowest BCUT2D eigenvalue weighted by atomic mass is 9.94. The van der Waals surface area contributed by atoms with Crippen molar-refractivity contribution in [2.75, 3.05) is 20.2 Å². The lowest BCUT2D eigenvalue weighted by Crippen LogP contribution is -2.59. The number of carbonyl (C=O) groups excluding carboxylic acids is 4. The van der Waals surface area contributed by atoms with Gasteiger partial charge in [-0.3, -0.25) is 19.2 Å². The first-order valence-corrected chi connectivity index (χ1v) is 19.0. The summed E-state index contributed by atoms with van der Waals surface area (Å²) < 4.78 is 79.3. The van der Waals surface area contributed by atoms with Gasteiger partial charge in [0.15, 0.2) is 6.10 Å². The van der Waals surface area contributed by atoms with Gasteiger partial charge in [-0.2, -0.15) is 33.7 Å². The molecule has 9 nitrogen and oxygen atoms in total. The van der Waals surface area contributed by atoms with Gasteiger partial charge in [0.1, 0.15) is 24.1 Å². The Hall–Kier alpha value is -3.79. The second kappa shape index (κ2) is 18.9. The van der Waals surface area contributed by atoms with E-state index in [1.54, 1.807) is 36.4 Å². The van der Waals surface area contributed by atoms with E-state index in [1.165, 1.54) is 55.8 Å². The van der Waals surface area contributed by atoms with Crippen LogP contribution in [0.5, 0.6) is 11.5 Å². The number of amides is 3. The maximum Gasteiger partial charge on any atom is 0.405 e. The Balaban J connectivity index is 1.65. The summed E-state index contributed by atoms with van der Waals surface area (Å²) in [6.07, 6.45) is -6.33. The Morgan fingerprint density at radius 1 is 0.891 bits per heavy atom. The summed E-state index contributed by atoms with van der Waals surface area (Å²) in [4.78, 5) is 54.9. The fourth-order valence-electron chi connectivity index (χ4n) is 5.73. The zero-order chi connectivity index (χ0) is 40.7. The van der Waals surface area contributed by atoms with Crippen molar-refractivity contribution in [2.24, 2.45) is 5.92 Å². The number of hydrogen-bond donors (Lipinski definition) is 2. The van der Waals surface area contributed by atoms with Crippen LogP contribution in [0.4, 0.5) is 22.0 Å². The van der Waals surface area contributed by atoms with Gasteiger partial charge in [-0.25, -0.2) is 0 Å². The highest BCUT2D eigenvalue weighted by molar-refractivity contribution is 7.99. The molecule has 1 heterocycles. The summed E-state index contributed by atoms with van der Waals surface area (Å²) in [5.74, 6) is -11.0. The lowest BCUT2D eigenvalue weighted by molar-refractivity contribution is -0.165. The number of methoxy groups -OCH3 is 1. The molecule has 2 N–H and O–H groups in total. The number of nitrogens with one attached hydrogen (secondary N) is 2. The second-order valence-electron chi connectivity index (χ2n) is 13.0. The van der Waals surface area contributed by atoms with E-state index in [2.05, 4.69) is 5.32 Å². The molecule has 0 bridgehead atoms. The maximum atomic E-state index is 15.0. The van der Waals surface area contributed by atoms with Gasteiger partial charge in [0, 0.05) is 39.0 Å². The van der Waals surface area contributed by atoms with Crippen LogP contribution < -0.4 is 20.1 Å². The summed E-state index contributed by atoms with van der Waals surface area (Å²) in [7, 11) is 1.53. The van der Waals surface area contributed by atoms with Crippen molar-refractivity contribution >= 4 is 70.1 Å². The third kappa shape index (κ3) is 12.3.